The normalized spacial score (nSPS) is 21.0. The van der Waals surface area contributed by atoms with Crippen LogP contribution in [0.3, 0.4) is 0 Å². The van der Waals surface area contributed by atoms with Crippen LogP contribution in [-0.2, 0) is 4.74 Å². The molecule has 1 aromatic carbocycles. The number of benzene rings is 1. The summed E-state index contributed by atoms with van der Waals surface area (Å²) < 4.78 is 18.8. The van der Waals surface area contributed by atoms with Crippen molar-refractivity contribution >= 4 is 5.91 Å². The van der Waals surface area contributed by atoms with E-state index in [1.807, 2.05) is 0 Å². The standard InChI is InChI=1S/C16H22FNO3/c1-3-16(4-2)10-12(7-8-21-16)18-15(20)13-6-5-11(17)9-14(13)19/h5-6,9,12,19H,3-4,7-8,10H2,1-2H3,(H,18,20). The van der Waals surface area contributed by atoms with Gasteiger partial charge < -0.3 is 15.2 Å². The lowest BCUT2D eigenvalue weighted by molar-refractivity contribution is -0.0917. The number of carbonyl (C=O) groups is 1. The molecule has 1 aliphatic heterocycles. The highest BCUT2D eigenvalue weighted by Crippen LogP contribution is 2.31. The molecule has 1 fully saturated rings. The average Bonchev–Trinajstić information content (AvgIpc) is 2.47. The fourth-order valence-corrected chi connectivity index (χ4v) is 2.85. The third kappa shape index (κ3) is 3.53. The molecule has 2 rings (SSSR count). The van der Waals surface area contributed by atoms with Crippen LogP contribution in [0.2, 0.25) is 0 Å². The zero-order valence-electron chi connectivity index (χ0n) is 12.5. The Bertz CT molecular complexity index is 514. The second kappa shape index (κ2) is 6.43. The molecule has 0 aliphatic carbocycles. The van der Waals surface area contributed by atoms with E-state index in [0.717, 1.165) is 31.7 Å². The molecule has 2 N–H and O–H groups in total. The van der Waals surface area contributed by atoms with E-state index < -0.39 is 5.82 Å². The number of phenolic OH excluding ortho intramolecular Hbond substituents is 1. The van der Waals surface area contributed by atoms with Crippen LogP contribution < -0.4 is 5.32 Å². The molecule has 1 unspecified atom stereocenters. The van der Waals surface area contributed by atoms with Gasteiger partial charge in [-0.15, -0.1) is 0 Å². The van der Waals surface area contributed by atoms with Crippen molar-refractivity contribution in [2.45, 2.75) is 51.2 Å². The van der Waals surface area contributed by atoms with Crippen LogP contribution in [0.25, 0.3) is 0 Å². The first kappa shape index (κ1) is 15.8. The minimum atomic E-state index is -0.564. The molecule has 0 radical (unpaired) electrons. The van der Waals surface area contributed by atoms with E-state index in [9.17, 15) is 14.3 Å². The predicted molar refractivity (Wildman–Crippen MR) is 77.8 cm³/mol. The zero-order valence-corrected chi connectivity index (χ0v) is 12.5. The summed E-state index contributed by atoms with van der Waals surface area (Å²) in [6, 6.07) is 3.42. The molecule has 5 heteroatoms. The van der Waals surface area contributed by atoms with Crippen LogP contribution in [0.1, 0.15) is 49.9 Å². The van der Waals surface area contributed by atoms with Crippen LogP contribution in [0.4, 0.5) is 4.39 Å². The third-order valence-corrected chi connectivity index (χ3v) is 4.32. The van der Waals surface area contributed by atoms with Gasteiger partial charge in [-0.3, -0.25) is 4.79 Å². The van der Waals surface area contributed by atoms with E-state index >= 15 is 0 Å². The maximum Gasteiger partial charge on any atom is 0.255 e. The number of rotatable bonds is 4. The van der Waals surface area contributed by atoms with Gasteiger partial charge in [-0.25, -0.2) is 4.39 Å². The van der Waals surface area contributed by atoms with Gasteiger partial charge in [0.15, 0.2) is 0 Å². The van der Waals surface area contributed by atoms with Gasteiger partial charge in [0.25, 0.3) is 5.91 Å². The number of hydrogen-bond donors (Lipinski definition) is 2. The lowest BCUT2D eigenvalue weighted by Gasteiger charge is -2.40. The minimum absolute atomic E-state index is 0.00982. The largest absolute Gasteiger partial charge is 0.507 e. The number of halogens is 1. The van der Waals surface area contributed by atoms with Crippen LogP contribution >= 0.6 is 0 Å². The van der Waals surface area contributed by atoms with Crippen molar-refractivity contribution in [3.63, 3.8) is 0 Å². The quantitative estimate of drug-likeness (QED) is 0.897. The molecule has 0 saturated carbocycles. The van der Waals surface area contributed by atoms with Crippen LogP contribution in [0.5, 0.6) is 5.75 Å². The molecule has 1 amide bonds. The molecule has 0 spiro atoms. The zero-order chi connectivity index (χ0) is 15.5. The average molecular weight is 295 g/mol. The lowest BCUT2D eigenvalue weighted by Crippen LogP contribution is -2.48. The summed E-state index contributed by atoms with van der Waals surface area (Å²) in [5.74, 6) is -1.27. The summed E-state index contributed by atoms with van der Waals surface area (Å²) in [5.41, 5.74) is -0.0809. The molecule has 1 atom stereocenters. The number of phenols is 1. The van der Waals surface area contributed by atoms with Crippen molar-refractivity contribution in [1.82, 2.24) is 5.32 Å². The molecule has 1 saturated heterocycles. The van der Waals surface area contributed by atoms with E-state index in [1.54, 1.807) is 0 Å². The Morgan fingerprint density at radius 1 is 1.48 bits per heavy atom. The first-order valence-electron chi connectivity index (χ1n) is 7.43. The number of carbonyl (C=O) groups excluding carboxylic acids is 1. The topological polar surface area (TPSA) is 58.6 Å². The second-order valence-corrected chi connectivity index (χ2v) is 5.56. The van der Waals surface area contributed by atoms with E-state index in [2.05, 4.69) is 19.2 Å². The summed E-state index contributed by atoms with van der Waals surface area (Å²) in [7, 11) is 0. The maximum absolute atomic E-state index is 13.0. The summed E-state index contributed by atoms with van der Waals surface area (Å²) in [5, 5.41) is 12.6. The van der Waals surface area contributed by atoms with Crippen LogP contribution in [-0.4, -0.2) is 29.3 Å². The van der Waals surface area contributed by atoms with Gasteiger partial charge in [0.2, 0.25) is 0 Å². The Morgan fingerprint density at radius 2 is 2.19 bits per heavy atom. The summed E-state index contributed by atoms with van der Waals surface area (Å²) in [6.45, 7) is 4.78. The van der Waals surface area contributed by atoms with Crippen LogP contribution in [0.15, 0.2) is 18.2 Å². The van der Waals surface area contributed by atoms with Gasteiger partial charge in [-0.05, 0) is 37.8 Å². The van der Waals surface area contributed by atoms with Crippen molar-refractivity contribution < 1.29 is 19.0 Å². The summed E-state index contributed by atoms with van der Waals surface area (Å²) >= 11 is 0. The van der Waals surface area contributed by atoms with Gasteiger partial charge in [0, 0.05) is 18.7 Å². The highest BCUT2D eigenvalue weighted by molar-refractivity contribution is 5.96. The van der Waals surface area contributed by atoms with Crippen molar-refractivity contribution in [3.05, 3.63) is 29.6 Å². The molecule has 4 nitrogen and oxygen atoms in total. The molecule has 21 heavy (non-hydrogen) atoms. The molecule has 1 heterocycles. The molecule has 116 valence electrons. The number of ether oxygens (including phenoxy) is 1. The van der Waals surface area contributed by atoms with E-state index in [4.69, 9.17) is 4.74 Å². The fraction of sp³-hybridized carbons (Fsp3) is 0.562. The summed E-state index contributed by atoms with van der Waals surface area (Å²) in [4.78, 5) is 12.2. The van der Waals surface area contributed by atoms with Crippen molar-refractivity contribution in [2.75, 3.05) is 6.61 Å². The van der Waals surface area contributed by atoms with Crippen molar-refractivity contribution in [2.24, 2.45) is 0 Å². The van der Waals surface area contributed by atoms with Gasteiger partial charge in [0.05, 0.1) is 11.2 Å². The summed E-state index contributed by atoms with van der Waals surface area (Å²) in [6.07, 6.45) is 3.30. The lowest BCUT2D eigenvalue weighted by atomic mass is 9.86. The number of nitrogens with one attached hydrogen (secondary N) is 1. The molecule has 1 aromatic rings. The van der Waals surface area contributed by atoms with E-state index in [0.29, 0.717) is 6.61 Å². The predicted octanol–water partition coefficient (Wildman–Crippen LogP) is 3.00. The number of aromatic hydroxyl groups is 1. The smallest absolute Gasteiger partial charge is 0.255 e. The number of hydrogen-bond acceptors (Lipinski definition) is 3. The van der Waals surface area contributed by atoms with Crippen LogP contribution in [0, 0.1) is 5.82 Å². The highest BCUT2D eigenvalue weighted by Gasteiger charge is 2.35. The second-order valence-electron chi connectivity index (χ2n) is 5.56. The Kier molecular flexibility index (Phi) is 4.83. The Morgan fingerprint density at radius 3 is 2.81 bits per heavy atom. The van der Waals surface area contributed by atoms with Gasteiger partial charge in [-0.2, -0.15) is 0 Å². The van der Waals surface area contributed by atoms with E-state index in [-0.39, 0.29) is 28.9 Å². The third-order valence-electron chi connectivity index (χ3n) is 4.32. The Balaban J connectivity index is 2.05. The highest BCUT2D eigenvalue weighted by atomic mass is 19.1. The molecule has 0 aromatic heterocycles. The Labute approximate surface area is 124 Å². The molecule has 1 aliphatic rings. The SMILES string of the molecule is CCC1(CC)CC(NC(=O)c2ccc(F)cc2O)CCO1. The molecule has 0 bridgehead atoms. The monoisotopic (exact) mass is 295 g/mol. The van der Waals surface area contributed by atoms with Gasteiger partial charge in [-0.1, -0.05) is 13.8 Å². The Hall–Kier alpha value is -1.62. The van der Waals surface area contributed by atoms with Gasteiger partial charge in [0.1, 0.15) is 11.6 Å². The first-order chi connectivity index (χ1) is 9.99. The molecular formula is C16H22FNO3. The van der Waals surface area contributed by atoms with E-state index in [1.165, 1.54) is 12.1 Å². The number of amides is 1. The fourth-order valence-electron chi connectivity index (χ4n) is 2.85. The molecular weight excluding hydrogens is 273 g/mol. The van der Waals surface area contributed by atoms with Crippen molar-refractivity contribution in [3.8, 4) is 5.75 Å². The first-order valence-corrected chi connectivity index (χ1v) is 7.43. The van der Waals surface area contributed by atoms with Gasteiger partial charge >= 0.3 is 0 Å². The minimum Gasteiger partial charge on any atom is -0.507 e. The van der Waals surface area contributed by atoms with Crippen molar-refractivity contribution in [1.29, 1.82) is 0 Å². The maximum atomic E-state index is 13.0.